The Hall–Kier alpha value is -3.89. The molecule has 0 aliphatic carbocycles. The Bertz CT molecular complexity index is 1410. The quantitative estimate of drug-likeness (QED) is 0.159. The molecule has 4 amide bonds. The standard InChI is InChI=1S/C41H68N4O7/c1-26(2)30(25-27(3)34(47)42-28(4)23-24-31(46)51-39(8,9)10)44(16)36(49)32(38(5,6)7)43-35(48)33(45(17)37(50)52-40(11,12)13)41(14,15)29-21-19-18-20-22-29/h18-22,25-26,28,30,32-33H,23-24H2,1-17H3,(H,42,47)(H,43,48)/b27-25+/t28-,30-,32-,33-/m1/s1. The molecule has 1 rings (SSSR count). The Kier molecular flexibility index (Phi) is 16.2. The van der Waals surface area contributed by atoms with Crippen LogP contribution < -0.4 is 10.6 Å². The topological polar surface area (TPSA) is 134 Å². The predicted octanol–water partition coefficient (Wildman–Crippen LogP) is 6.79. The second-order valence-corrected chi connectivity index (χ2v) is 17.9. The largest absolute Gasteiger partial charge is 0.460 e. The summed E-state index contributed by atoms with van der Waals surface area (Å²) >= 11 is 0. The number of hydrogen-bond donors (Lipinski definition) is 2. The SMILES string of the molecule is C/C(=C\[C@H](C(C)C)N(C)C(=O)[C@@H](NC(=O)[C@@H](N(C)C(=O)OC(C)(C)C)C(C)(C)c1ccccc1)C(C)(C)C)C(=O)N[C@H](C)CCC(=O)OC(C)(C)C. The minimum absolute atomic E-state index is 0.0827. The molecule has 11 heteroatoms. The van der Waals surface area contributed by atoms with E-state index < -0.39 is 52.2 Å². The van der Waals surface area contributed by atoms with Crippen molar-refractivity contribution in [2.45, 2.75) is 157 Å². The highest BCUT2D eigenvalue weighted by atomic mass is 16.6. The molecule has 1 aromatic carbocycles. The number of carbonyl (C=O) groups is 5. The van der Waals surface area contributed by atoms with Gasteiger partial charge < -0.3 is 25.0 Å². The van der Waals surface area contributed by atoms with E-state index in [9.17, 15) is 24.0 Å². The fourth-order valence-corrected chi connectivity index (χ4v) is 5.89. The molecule has 2 N–H and O–H groups in total. The first-order chi connectivity index (χ1) is 23.5. The van der Waals surface area contributed by atoms with Gasteiger partial charge in [-0.05, 0) is 78.7 Å². The van der Waals surface area contributed by atoms with Gasteiger partial charge >= 0.3 is 12.1 Å². The molecule has 1 aromatic rings. The highest BCUT2D eigenvalue weighted by Gasteiger charge is 2.46. The third-order valence-electron chi connectivity index (χ3n) is 8.75. The van der Waals surface area contributed by atoms with Crippen LogP contribution in [-0.2, 0) is 34.1 Å². The van der Waals surface area contributed by atoms with Crippen LogP contribution >= 0.6 is 0 Å². The number of ether oxygens (including phenoxy) is 2. The summed E-state index contributed by atoms with van der Waals surface area (Å²) in [7, 11) is 3.20. The Morgan fingerprint density at radius 3 is 1.75 bits per heavy atom. The number of carbonyl (C=O) groups excluding carboxylic acids is 5. The van der Waals surface area contributed by atoms with E-state index in [2.05, 4.69) is 10.6 Å². The third-order valence-corrected chi connectivity index (χ3v) is 8.75. The zero-order chi connectivity index (χ0) is 40.6. The normalized spacial score (nSPS) is 15.2. The van der Waals surface area contributed by atoms with Gasteiger partial charge in [0.25, 0.3) is 0 Å². The van der Waals surface area contributed by atoms with Crippen LogP contribution in [-0.4, -0.2) is 89.0 Å². The van der Waals surface area contributed by atoms with Crippen molar-refractivity contribution in [2.75, 3.05) is 14.1 Å². The van der Waals surface area contributed by atoms with Gasteiger partial charge in [-0.3, -0.25) is 24.1 Å². The molecule has 0 saturated carbocycles. The van der Waals surface area contributed by atoms with Crippen molar-refractivity contribution in [3.8, 4) is 0 Å². The van der Waals surface area contributed by atoms with Crippen molar-refractivity contribution in [3.05, 3.63) is 47.5 Å². The van der Waals surface area contributed by atoms with Crippen molar-refractivity contribution < 1.29 is 33.4 Å². The smallest absolute Gasteiger partial charge is 0.410 e. The molecule has 0 aromatic heterocycles. The lowest BCUT2D eigenvalue weighted by Gasteiger charge is -2.42. The highest BCUT2D eigenvalue weighted by molar-refractivity contribution is 5.94. The minimum atomic E-state index is -1.04. The molecule has 0 heterocycles. The molecule has 0 bridgehead atoms. The van der Waals surface area contributed by atoms with Crippen LogP contribution in [0.4, 0.5) is 4.79 Å². The lowest BCUT2D eigenvalue weighted by atomic mass is 9.76. The summed E-state index contributed by atoms with van der Waals surface area (Å²) in [6.07, 6.45) is 1.69. The monoisotopic (exact) mass is 729 g/mol. The maximum atomic E-state index is 14.5. The minimum Gasteiger partial charge on any atom is -0.460 e. The predicted molar refractivity (Wildman–Crippen MR) is 206 cm³/mol. The van der Waals surface area contributed by atoms with Gasteiger partial charge in [-0.1, -0.05) is 84.9 Å². The highest BCUT2D eigenvalue weighted by Crippen LogP contribution is 2.32. The number of amides is 4. The van der Waals surface area contributed by atoms with Gasteiger partial charge in [0.2, 0.25) is 17.7 Å². The molecular formula is C41H68N4O7. The van der Waals surface area contributed by atoms with Crippen molar-refractivity contribution in [1.82, 2.24) is 20.4 Å². The summed E-state index contributed by atoms with van der Waals surface area (Å²) in [5.74, 6) is -1.56. The van der Waals surface area contributed by atoms with Gasteiger partial charge in [-0.15, -0.1) is 0 Å². The van der Waals surface area contributed by atoms with Crippen LogP contribution in [0.5, 0.6) is 0 Å². The summed E-state index contributed by atoms with van der Waals surface area (Å²) in [6.45, 7) is 27.5. The van der Waals surface area contributed by atoms with Gasteiger partial charge in [0.1, 0.15) is 23.3 Å². The van der Waals surface area contributed by atoms with E-state index in [1.165, 1.54) is 11.9 Å². The van der Waals surface area contributed by atoms with Gasteiger partial charge in [0.05, 0.1) is 6.04 Å². The Morgan fingerprint density at radius 1 is 0.769 bits per heavy atom. The maximum absolute atomic E-state index is 14.5. The lowest BCUT2D eigenvalue weighted by molar-refractivity contribution is -0.155. The lowest BCUT2D eigenvalue weighted by Crippen LogP contribution is -2.63. The van der Waals surface area contributed by atoms with Crippen LogP contribution in [0.3, 0.4) is 0 Å². The molecule has 4 atom stereocenters. The first-order valence-corrected chi connectivity index (χ1v) is 18.3. The maximum Gasteiger partial charge on any atom is 0.410 e. The molecule has 11 nitrogen and oxygen atoms in total. The number of likely N-dealkylation sites (N-methyl/N-ethyl adjacent to an activating group) is 2. The summed E-state index contributed by atoms with van der Waals surface area (Å²) in [5, 5.41) is 5.97. The van der Waals surface area contributed by atoms with E-state index in [1.807, 2.05) is 106 Å². The molecule has 0 aliphatic rings. The van der Waals surface area contributed by atoms with Gasteiger partial charge in [0.15, 0.2) is 0 Å². The molecule has 0 aliphatic heterocycles. The van der Waals surface area contributed by atoms with E-state index in [0.717, 1.165) is 5.56 Å². The van der Waals surface area contributed by atoms with Gasteiger partial charge in [-0.25, -0.2) is 4.79 Å². The molecular weight excluding hydrogens is 660 g/mol. The summed E-state index contributed by atoms with van der Waals surface area (Å²) < 4.78 is 11.0. The summed E-state index contributed by atoms with van der Waals surface area (Å²) in [6, 6.07) is 6.65. The van der Waals surface area contributed by atoms with E-state index in [4.69, 9.17) is 9.47 Å². The van der Waals surface area contributed by atoms with Crippen molar-refractivity contribution >= 4 is 29.8 Å². The number of esters is 1. The summed E-state index contributed by atoms with van der Waals surface area (Å²) in [4.78, 5) is 70.5. The fraction of sp³-hybridized carbons (Fsp3) is 0.683. The summed E-state index contributed by atoms with van der Waals surface area (Å²) in [5.41, 5.74) is -1.73. The molecule has 0 fully saturated rings. The fourth-order valence-electron chi connectivity index (χ4n) is 5.89. The van der Waals surface area contributed by atoms with Crippen LogP contribution in [0.25, 0.3) is 0 Å². The molecule has 52 heavy (non-hydrogen) atoms. The number of nitrogens with zero attached hydrogens (tertiary/aromatic N) is 2. The molecule has 0 radical (unpaired) electrons. The second-order valence-electron chi connectivity index (χ2n) is 17.9. The number of benzene rings is 1. The number of hydrogen-bond acceptors (Lipinski definition) is 7. The first kappa shape index (κ1) is 46.1. The average molecular weight is 729 g/mol. The Morgan fingerprint density at radius 2 is 1.29 bits per heavy atom. The Balaban J connectivity index is 3.40. The van der Waals surface area contributed by atoms with E-state index in [0.29, 0.717) is 12.0 Å². The number of rotatable bonds is 14. The van der Waals surface area contributed by atoms with Crippen molar-refractivity contribution in [3.63, 3.8) is 0 Å². The molecule has 0 spiro atoms. The van der Waals surface area contributed by atoms with Crippen molar-refractivity contribution in [2.24, 2.45) is 11.3 Å². The Labute approximate surface area is 313 Å². The van der Waals surface area contributed by atoms with Crippen LogP contribution in [0.1, 0.15) is 122 Å². The molecule has 0 unspecified atom stereocenters. The van der Waals surface area contributed by atoms with E-state index in [-0.39, 0.29) is 36.2 Å². The number of nitrogens with one attached hydrogen (secondary N) is 2. The average Bonchev–Trinajstić information content (AvgIpc) is 2.98. The first-order valence-electron chi connectivity index (χ1n) is 18.3. The molecule has 0 saturated heterocycles. The van der Waals surface area contributed by atoms with Crippen LogP contribution in [0.2, 0.25) is 0 Å². The van der Waals surface area contributed by atoms with E-state index in [1.54, 1.807) is 45.7 Å². The van der Waals surface area contributed by atoms with Gasteiger partial charge in [0, 0.05) is 37.5 Å². The van der Waals surface area contributed by atoms with Crippen LogP contribution in [0.15, 0.2) is 42.0 Å². The zero-order valence-corrected chi connectivity index (χ0v) is 35.0. The zero-order valence-electron chi connectivity index (χ0n) is 35.0. The molecule has 294 valence electrons. The van der Waals surface area contributed by atoms with Crippen molar-refractivity contribution in [1.29, 1.82) is 0 Å². The van der Waals surface area contributed by atoms with Crippen LogP contribution in [0, 0.1) is 11.3 Å². The van der Waals surface area contributed by atoms with E-state index >= 15 is 0 Å². The third kappa shape index (κ3) is 14.3. The van der Waals surface area contributed by atoms with Gasteiger partial charge in [-0.2, -0.15) is 0 Å². The second kappa shape index (κ2) is 18.2.